The highest BCUT2D eigenvalue weighted by atomic mass is 19.1. The van der Waals surface area contributed by atoms with E-state index in [2.05, 4.69) is 19.9 Å². The van der Waals surface area contributed by atoms with Crippen LogP contribution >= 0.6 is 0 Å². The normalized spacial score (nSPS) is 22.6. The summed E-state index contributed by atoms with van der Waals surface area (Å²) in [7, 11) is 0. The average Bonchev–Trinajstić information content (AvgIpc) is 3.37. The topological polar surface area (TPSA) is 35.8 Å². The molecule has 0 unspecified atom stereocenters. The van der Waals surface area contributed by atoms with Gasteiger partial charge in [0.25, 0.3) is 0 Å². The van der Waals surface area contributed by atoms with Crippen molar-refractivity contribution in [1.82, 2.24) is 15.0 Å². The molecule has 3 aliphatic rings. The highest BCUT2D eigenvalue weighted by molar-refractivity contribution is 5.46. The summed E-state index contributed by atoms with van der Waals surface area (Å²) in [6, 6.07) is 7.52. The third-order valence-electron chi connectivity index (χ3n) is 5.98. The van der Waals surface area contributed by atoms with Gasteiger partial charge in [0, 0.05) is 69.0 Å². The Morgan fingerprint density at radius 1 is 1.04 bits per heavy atom. The van der Waals surface area contributed by atoms with Crippen LogP contribution in [0.25, 0.3) is 0 Å². The largest absolute Gasteiger partial charge is 0.369 e. The summed E-state index contributed by atoms with van der Waals surface area (Å²) < 4.78 is 18.5. The first-order chi connectivity index (χ1) is 12.8. The van der Waals surface area contributed by atoms with Crippen LogP contribution in [0.1, 0.15) is 30.1 Å². The Balaban J connectivity index is 1.10. The van der Waals surface area contributed by atoms with Gasteiger partial charge < -0.3 is 9.42 Å². The smallest absolute Gasteiger partial charge is 0.144 e. The first-order valence-electron chi connectivity index (χ1n) is 9.66. The van der Waals surface area contributed by atoms with Gasteiger partial charge in [0.1, 0.15) is 11.6 Å². The fourth-order valence-electron chi connectivity index (χ4n) is 4.21. The van der Waals surface area contributed by atoms with Crippen LogP contribution in [0.2, 0.25) is 0 Å². The van der Waals surface area contributed by atoms with Crippen LogP contribution in [-0.2, 0) is 6.54 Å². The maximum Gasteiger partial charge on any atom is 0.144 e. The number of piperazine rings is 1. The van der Waals surface area contributed by atoms with Crippen molar-refractivity contribution < 1.29 is 8.91 Å². The van der Waals surface area contributed by atoms with E-state index >= 15 is 0 Å². The molecule has 0 amide bonds. The predicted octanol–water partition coefficient (Wildman–Crippen LogP) is 2.70. The standard InChI is InChI=1S/C20H25FN4O/c21-17-3-5-18(6-4-17)24-7-9-25(10-8-24)19-13-23(14-19)12-16-11-22-26-20(16)15-1-2-15/h3-6,11,15,19H,1-2,7-10,12-14H2. The summed E-state index contributed by atoms with van der Waals surface area (Å²) in [5.41, 5.74) is 2.41. The zero-order chi connectivity index (χ0) is 17.5. The molecule has 2 aliphatic heterocycles. The Morgan fingerprint density at radius 3 is 2.46 bits per heavy atom. The van der Waals surface area contributed by atoms with Crippen molar-refractivity contribution in [3.8, 4) is 0 Å². The van der Waals surface area contributed by atoms with E-state index < -0.39 is 0 Å². The zero-order valence-electron chi connectivity index (χ0n) is 15.0. The van der Waals surface area contributed by atoms with E-state index in [-0.39, 0.29) is 5.82 Å². The minimum Gasteiger partial charge on any atom is -0.369 e. The molecular formula is C20H25FN4O. The zero-order valence-corrected chi connectivity index (χ0v) is 15.0. The Kier molecular flexibility index (Phi) is 4.17. The SMILES string of the molecule is Fc1ccc(N2CCN(C3CN(Cc4cnoc4C4CC4)C3)CC2)cc1. The highest BCUT2D eigenvalue weighted by Crippen LogP contribution is 2.42. The molecule has 1 aliphatic carbocycles. The summed E-state index contributed by atoms with van der Waals surface area (Å²) in [4.78, 5) is 7.45. The van der Waals surface area contributed by atoms with Crippen molar-refractivity contribution >= 4 is 5.69 Å². The average molecular weight is 356 g/mol. The molecule has 5 rings (SSSR count). The van der Waals surface area contributed by atoms with Crippen molar-refractivity contribution in [2.75, 3.05) is 44.2 Å². The van der Waals surface area contributed by atoms with Crippen molar-refractivity contribution in [3.63, 3.8) is 0 Å². The lowest BCUT2D eigenvalue weighted by molar-refractivity contribution is 0.0253. The Labute approximate surface area is 153 Å². The molecule has 2 aromatic rings. The van der Waals surface area contributed by atoms with Crippen LogP contribution in [0, 0.1) is 5.82 Å². The fraction of sp³-hybridized carbons (Fsp3) is 0.550. The number of hydrogen-bond donors (Lipinski definition) is 0. The number of likely N-dealkylation sites (tertiary alicyclic amines) is 1. The maximum atomic E-state index is 13.1. The van der Waals surface area contributed by atoms with Crippen LogP contribution in [0.4, 0.5) is 10.1 Å². The molecule has 0 bridgehead atoms. The van der Waals surface area contributed by atoms with Crippen molar-refractivity contribution in [2.24, 2.45) is 0 Å². The number of hydrogen-bond acceptors (Lipinski definition) is 5. The molecule has 3 heterocycles. The monoisotopic (exact) mass is 356 g/mol. The lowest BCUT2D eigenvalue weighted by Gasteiger charge is -2.48. The maximum absolute atomic E-state index is 13.1. The van der Waals surface area contributed by atoms with Crippen molar-refractivity contribution in [3.05, 3.63) is 47.6 Å². The van der Waals surface area contributed by atoms with Gasteiger partial charge in [0.05, 0.1) is 6.20 Å². The summed E-state index contributed by atoms with van der Waals surface area (Å²) in [6.07, 6.45) is 4.41. The van der Waals surface area contributed by atoms with Gasteiger partial charge in [-0.3, -0.25) is 9.80 Å². The number of nitrogens with zero attached hydrogens (tertiary/aromatic N) is 4. The van der Waals surface area contributed by atoms with E-state index in [0.717, 1.165) is 57.3 Å². The second kappa shape index (κ2) is 6.67. The first kappa shape index (κ1) is 16.3. The molecule has 2 saturated heterocycles. The molecule has 5 nitrogen and oxygen atoms in total. The first-order valence-corrected chi connectivity index (χ1v) is 9.66. The highest BCUT2D eigenvalue weighted by Gasteiger charge is 2.36. The van der Waals surface area contributed by atoms with Crippen molar-refractivity contribution in [1.29, 1.82) is 0 Å². The van der Waals surface area contributed by atoms with E-state index in [1.165, 1.54) is 18.4 Å². The van der Waals surface area contributed by atoms with Gasteiger partial charge in [0.2, 0.25) is 0 Å². The minimum absolute atomic E-state index is 0.167. The lowest BCUT2D eigenvalue weighted by atomic mass is 10.0. The number of benzene rings is 1. The van der Waals surface area contributed by atoms with E-state index in [0.29, 0.717) is 12.0 Å². The molecule has 138 valence electrons. The third-order valence-corrected chi connectivity index (χ3v) is 5.98. The van der Waals surface area contributed by atoms with Gasteiger partial charge in [0.15, 0.2) is 0 Å². The molecule has 0 N–H and O–H groups in total. The lowest BCUT2D eigenvalue weighted by Crippen LogP contribution is -2.62. The molecule has 3 fully saturated rings. The fourth-order valence-corrected chi connectivity index (χ4v) is 4.21. The van der Waals surface area contributed by atoms with Gasteiger partial charge in [-0.15, -0.1) is 0 Å². The molecule has 1 saturated carbocycles. The number of aromatic nitrogens is 1. The summed E-state index contributed by atoms with van der Waals surface area (Å²) in [5.74, 6) is 1.59. The number of anilines is 1. The molecule has 0 atom stereocenters. The molecule has 26 heavy (non-hydrogen) atoms. The number of halogens is 1. The molecular weight excluding hydrogens is 331 g/mol. The summed E-state index contributed by atoms with van der Waals surface area (Å²) in [6.45, 7) is 7.42. The molecule has 0 spiro atoms. The van der Waals surface area contributed by atoms with E-state index in [1.54, 1.807) is 12.1 Å². The van der Waals surface area contributed by atoms with E-state index in [4.69, 9.17) is 4.52 Å². The van der Waals surface area contributed by atoms with Crippen LogP contribution in [0.5, 0.6) is 0 Å². The van der Waals surface area contributed by atoms with Crippen LogP contribution in [-0.4, -0.2) is 60.3 Å². The van der Waals surface area contributed by atoms with Crippen LogP contribution < -0.4 is 4.90 Å². The molecule has 0 radical (unpaired) electrons. The number of rotatable bonds is 5. The van der Waals surface area contributed by atoms with Gasteiger partial charge in [-0.2, -0.15) is 0 Å². The van der Waals surface area contributed by atoms with E-state index in [9.17, 15) is 4.39 Å². The molecule has 1 aromatic carbocycles. The van der Waals surface area contributed by atoms with Gasteiger partial charge >= 0.3 is 0 Å². The summed E-state index contributed by atoms with van der Waals surface area (Å²) in [5, 5.41) is 4.01. The van der Waals surface area contributed by atoms with E-state index in [1.807, 2.05) is 18.3 Å². The summed E-state index contributed by atoms with van der Waals surface area (Å²) >= 11 is 0. The predicted molar refractivity (Wildman–Crippen MR) is 97.7 cm³/mol. The second-order valence-electron chi connectivity index (χ2n) is 7.84. The minimum atomic E-state index is -0.167. The Hall–Kier alpha value is -1.92. The van der Waals surface area contributed by atoms with Crippen LogP contribution in [0.3, 0.4) is 0 Å². The van der Waals surface area contributed by atoms with Crippen molar-refractivity contribution in [2.45, 2.75) is 31.3 Å². The quantitative estimate of drug-likeness (QED) is 0.823. The van der Waals surface area contributed by atoms with Gasteiger partial charge in [-0.05, 0) is 37.1 Å². The third kappa shape index (κ3) is 3.23. The van der Waals surface area contributed by atoms with Gasteiger partial charge in [-0.25, -0.2) is 4.39 Å². The molecule has 6 heteroatoms. The van der Waals surface area contributed by atoms with Gasteiger partial charge in [-0.1, -0.05) is 5.16 Å². The molecule has 1 aromatic heterocycles. The van der Waals surface area contributed by atoms with Crippen LogP contribution in [0.15, 0.2) is 35.0 Å². The Bertz CT molecular complexity index is 743. The Morgan fingerprint density at radius 2 is 1.77 bits per heavy atom. The second-order valence-corrected chi connectivity index (χ2v) is 7.84.